The van der Waals surface area contributed by atoms with Crippen molar-refractivity contribution in [1.82, 2.24) is 5.32 Å². The molecule has 5 heteroatoms. The summed E-state index contributed by atoms with van der Waals surface area (Å²) in [5, 5.41) is 4.33. The number of hydrogen-bond donors (Lipinski definition) is 2. The van der Waals surface area contributed by atoms with E-state index in [4.69, 9.17) is 5.73 Å². The second kappa shape index (κ2) is 9.87. The molecule has 0 bridgehead atoms. The minimum Gasteiger partial charge on any atom is -0.353 e. The van der Waals surface area contributed by atoms with E-state index in [0.717, 1.165) is 22.9 Å². The van der Waals surface area contributed by atoms with Crippen LogP contribution in [0.1, 0.15) is 11.1 Å². The van der Waals surface area contributed by atoms with E-state index in [1.807, 2.05) is 42.5 Å². The number of aliphatic imine (C=N–C) groups is 2. The van der Waals surface area contributed by atoms with Crippen molar-refractivity contribution in [2.24, 2.45) is 15.7 Å². The number of hydrogen-bond acceptors (Lipinski definition) is 2. The monoisotopic (exact) mass is 352 g/mol. The predicted molar refractivity (Wildman–Crippen MR) is 113 cm³/mol. The van der Waals surface area contributed by atoms with Gasteiger partial charge in [0.05, 0.1) is 0 Å². The summed E-state index contributed by atoms with van der Waals surface area (Å²) >= 11 is 0. The highest BCUT2D eigenvalue weighted by atomic mass is 31.0. The third-order valence-corrected chi connectivity index (χ3v) is 4.08. The van der Waals surface area contributed by atoms with Crippen LogP contribution in [0.25, 0.3) is 5.57 Å². The fourth-order valence-corrected chi connectivity index (χ4v) is 2.50. The summed E-state index contributed by atoms with van der Waals surface area (Å²) in [4.78, 5) is 8.53. The molecule has 0 saturated heterocycles. The molecule has 0 fully saturated rings. The van der Waals surface area contributed by atoms with Gasteiger partial charge in [-0.05, 0) is 28.4 Å². The zero-order valence-electron chi connectivity index (χ0n) is 14.5. The zero-order valence-corrected chi connectivity index (χ0v) is 15.7. The first-order chi connectivity index (χ1) is 12.1. The van der Waals surface area contributed by atoms with Gasteiger partial charge in [-0.15, -0.1) is 9.24 Å². The van der Waals surface area contributed by atoms with E-state index in [2.05, 4.69) is 43.3 Å². The van der Waals surface area contributed by atoms with Crippen LogP contribution in [0.2, 0.25) is 0 Å². The van der Waals surface area contributed by atoms with Gasteiger partial charge in [0.1, 0.15) is 0 Å². The average Bonchev–Trinajstić information content (AvgIpc) is 2.63. The molecule has 1 unspecified atom stereocenters. The average molecular weight is 352 g/mol. The highest BCUT2D eigenvalue weighted by molar-refractivity contribution is 7.27. The van der Waals surface area contributed by atoms with Crippen LogP contribution in [0.4, 0.5) is 0 Å². The highest BCUT2D eigenvalue weighted by Crippen LogP contribution is 2.09. The summed E-state index contributed by atoms with van der Waals surface area (Å²) in [7, 11) is 4.37. The van der Waals surface area contributed by atoms with Gasteiger partial charge in [0.2, 0.25) is 5.96 Å². The fourth-order valence-electron chi connectivity index (χ4n) is 2.30. The van der Waals surface area contributed by atoms with Crippen molar-refractivity contribution < 1.29 is 0 Å². The van der Waals surface area contributed by atoms with E-state index < -0.39 is 0 Å². The smallest absolute Gasteiger partial charge is 0.217 e. The van der Waals surface area contributed by atoms with E-state index in [0.29, 0.717) is 12.5 Å². The summed E-state index contributed by atoms with van der Waals surface area (Å²) in [5.74, 6) is 0.548. The molecule has 25 heavy (non-hydrogen) atoms. The third kappa shape index (κ3) is 6.61. The number of allylic oxidation sites excluding steroid dienone is 1. The summed E-state index contributed by atoms with van der Waals surface area (Å²) in [6, 6.07) is 18.3. The molecule has 4 nitrogen and oxygen atoms in total. The highest BCUT2D eigenvalue weighted by Gasteiger charge is 2.05. The van der Waals surface area contributed by atoms with Crippen molar-refractivity contribution in [3.8, 4) is 0 Å². The predicted octanol–water partition coefficient (Wildman–Crippen LogP) is 2.42. The van der Waals surface area contributed by atoms with Crippen molar-refractivity contribution in [2.75, 3.05) is 13.6 Å². The second-order valence-corrected chi connectivity index (χ2v) is 6.45. The topological polar surface area (TPSA) is 62.8 Å². The summed E-state index contributed by atoms with van der Waals surface area (Å²) in [6.45, 7) is 4.65. The second-order valence-electron chi connectivity index (χ2n) is 5.78. The largest absolute Gasteiger partial charge is 0.353 e. The Morgan fingerprint density at radius 3 is 2.52 bits per heavy atom. The van der Waals surface area contributed by atoms with Crippen LogP contribution in [-0.4, -0.2) is 31.8 Å². The molecular weight excluding hydrogens is 327 g/mol. The van der Waals surface area contributed by atoms with Gasteiger partial charge in [-0.2, -0.15) is 0 Å². The molecule has 0 saturated carbocycles. The Morgan fingerprint density at radius 1 is 1.20 bits per heavy atom. The molecule has 0 heterocycles. The molecule has 2 aromatic carbocycles. The van der Waals surface area contributed by atoms with Gasteiger partial charge in [-0.1, -0.05) is 61.2 Å². The lowest BCUT2D eigenvalue weighted by Crippen LogP contribution is -2.38. The van der Waals surface area contributed by atoms with Crippen LogP contribution in [-0.2, 0) is 6.42 Å². The molecule has 2 aromatic rings. The van der Waals surface area contributed by atoms with Gasteiger partial charge in [-0.25, -0.2) is 4.99 Å². The Bertz CT molecular complexity index is 736. The number of nitrogens with one attached hydrogen (secondary N) is 1. The van der Waals surface area contributed by atoms with Crippen LogP contribution >= 0.6 is 9.24 Å². The van der Waals surface area contributed by atoms with E-state index in [1.54, 1.807) is 13.3 Å². The SMILES string of the molecule is C=C(/C=N\C(=NC)NC[C@@H](N)Cc1ccccc1)c1ccc(P)cc1. The van der Waals surface area contributed by atoms with Crippen LogP contribution in [0.3, 0.4) is 0 Å². The minimum atomic E-state index is -0.00727. The standard InChI is InChI=1S/C20H25N4P/c1-15(17-8-10-19(25)11-9-17)13-23-20(22-2)24-14-18(21)12-16-6-4-3-5-7-16/h3-11,13,18H,1,12,14,21,25H2,2H3,(H,22,24)/b23-13-/t18-/m0/s1. The molecule has 130 valence electrons. The third-order valence-electron chi connectivity index (χ3n) is 3.70. The lowest BCUT2D eigenvalue weighted by Gasteiger charge is -2.13. The first-order valence-electron chi connectivity index (χ1n) is 8.17. The van der Waals surface area contributed by atoms with Crippen LogP contribution < -0.4 is 16.4 Å². The maximum absolute atomic E-state index is 6.18. The molecule has 0 aliphatic rings. The number of guanidine groups is 1. The normalized spacial score (nSPS) is 13.0. The molecule has 2 atom stereocenters. The molecule has 0 radical (unpaired) electrons. The Balaban J connectivity index is 1.85. The maximum atomic E-state index is 6.18. The first kappa shape index (κ1) is 19.0. The van der Waals surface area contributed by atoms with Gasteiger partial charge in [0, 0.05) is 25.8 Å². The molecule has 3 N–H and O–H groups in total. The van der Waals surface area contributed by atoms with Gasteiger partial charge in [-0.3, -0.25) is 4.99 Å². The van der Waals surface area contributed by atoms with Crippen LogP contribution in [0.15, 0.2) is 71.2 Å². The van der Waals surface area contributed by atoms with Crippen molar-refractivity contribution >= 4 is 32.3 Å². The van der Waals surface area contributed by atoms with E-state index in [1.165, 1.54) is 5.56 Å². The molecular formula is C20H25N4P. The van der Waals surface area contributed by atoms with Crippen molar-refractivity contribution in [2.45, 2.75) is 12.5 Å². The summed E-state index contributed by atoms with van der Waals surface area (Å²) < 4.78 is 0. The molecule has 0 aliphatic carbocycles. The van der Waals surface area contributed by atoms with E-state index in [-0.39, 0.29) is 6.04 Å². The Morgan fingerprint density at radius 2 is 1.88 bits per heavy atom. The number of benzene rings is 2. The van der Waals surface area contributed by atoms with E-state index >= 15 is 0 Å². The molecule has 2 rings (SSSR count). The maximum Gasteiger partial charge on any atom is 0.217 e. The fraction of sp³-hybridized carbons (Fsp3) is 0.200. The quantitative estimate of drug-likeness (QED) is 0.476. The van der Waals surface area contributed by atoms with Crippen molar-refractivity contribution in [3.05, 3.63) is 72.3 Å². The van der Waals surface area contributed by atoms with Crippen LogP contribution in [0.5, 0.6) is 0 Å². The van der Waals surface area contributed by atoms with Crippen molar-refractivity contribution in [3.63, 3.8) is 0 Å². The first-order valence-corrected chi connectivity index (χ1v) is 8.75. The van der Waals surface area contributed by atoms with Gasteiger partial charge in [0.15, 0.2) is 0 Å². The Kier molecular flexibility index (Phi) is 7.52. The Hall–Kier alpha value is -2.29. The molecule has 0 spiro atoms. The Labute approximate surface area is 152 Å². The number of rotatable bonds is 6. The van der Waals surface area contributed by atoms with Gasteiger partial charge in [0.25, 0.3) is 0 Å². The number of nitrogens with zero attached hydrogens (tertiary/aromatic N) is 2. The minimum absolute atomic E-state index is 0.00727. The molecule has 0 aliphatic heterocycles. The van der Waals surface area contributed by atoms with Crippen LogP contribution in [0, 0.1) is 0 Å². The van der Waals surface area contributed by atoms with Gasteiger partial charge >= 0.3 is 0 Å². The zero-order chi connectivity index (χ0) is 18.1. The summed E-state index contributed by atoms with van der Waals surface area (Å²) in [5.41, 5.74) is 9.27. The van der Waals surface area contributed by atoms with E-state index in [9.17, 15) is 0 Å². The molecule has 0 amide bonds. The molecule has 0 aromatic heterocycles. The summed E-state index contributed by atoms with van der Waals surface area (Å²) in [6.07, 6.45) is 2.53. The van der Waals surface area contributed by atoms with Crippen molar-refractivity contribution in [1.29, 1.82) is 0 Å². The number of nitrogens with two attached hydrogens (primary N) is 1. The lowest BCUT2D eigenvalue weighted by atomic mass is 10.1. The van der Waals surface area contributed by atoms with Gasteiger partial charge < -0.3 is 11.1 Å². The lowest BCUT2D eigenvalue weighted by molar-refractivity contribution is 0.642.